The number of aryl methyl sites for hydroxylation is 1. The summed E-state index contributed by atoms with van der Waals surface area (Å²) in [6.45, 7) is 0.541. The first-order chi connectivity index (χ1) is 12.6. The number of likely N-dealkylation sites (N-methyl/N-ethyl adjacent to an activating group) is 1. The standard InChI is InChI=1S/C21H21N3O2/c1-23(14-17-12-16-10-6-7-11-20(16)26-17)21(25)19-13-18(22-24(19)2)15-8-4-3-5-9-15/h3-11,13,17H,12,14H2,1-2H3/t17-/m1/s1. The SMILES string of the molecule is CN(C[C@H]1Cc2ccccc2O1)C(=O)c1cc(-c2ccccc2)nn1C. The summed E-state index contributed by atoms with van der Waals surface area (Å²) in [5.41, 5.74) is 3.57. The molecule has 26 heavy (non-hydrogen) atoms. The van der Waals surface area contributed by atoms with Gasteiger partial charge in [-0.2, -0.15) is 5.10 Å². The predicted octanol–water partition coefficient (Wildman–Crippen LogP) is 3.16. The van der Waals surface area contributed by atoms with Crippen LogP contribution in [0.5, 0.6) is 5.75 Å². The van der Waals surface area contributed by atoms with Crippen LogP contribution in [0.25, 0.3) is 11.3 Å². The van der Waals surface area contributed by atoms with Crippen LogP contribution in [0.3, 0.4) is 0 Å². The molecule has 5 heteroatoms. The summed E-state index contributed by atoms with van der Waals surface area (Å²) in [7, 11) is 3.61. The summed E-state index contributed by atoms with van der Waals surface area (Å²) < 4.78 is 7.60. The van der Waals surface area contributed by atoms with Crippen LogP contribution in [0.1, 0.15) is 16.1 Å². The molecular weight excluding hydrogens is 326 g/mol. The number of hydrogen-bond acceptors (Lipinski definition) is 3. The zero-order chi connectivity index (χ0) is 18.1. The molecule has 1 aliphatic heterocycles. The second-order valence-electron chi connectivity index (χ2n) is 6.64. The van der Waals surface area contributed by atoms with E-state index in [2.05, 4.69) is 11.2 Å². The quantitative estimate of drug-likeness (QED) is 0.728. The first-order valence-corrected chi connectivity index (χ1v) is 8.71. The molecule has 0 aliphatic carbocycles. The fourth-order valence-electron chi connectivity index (χ4n) is 3.36. The Bertz CT molecular complexity index is 908. The Morgan fingerprint density at radius 3 is 2.69 bits per heavy atom. The van der Waals surface area contributed by atoms with E-state index in [9.17, 15) is 4.79 Å². The normalized spacial score (nSPS) is 15.4. The van der Waals surface area contributed by atoms with Crippen molar-refractivity contribution < 1.29 is 9.53 Å². The largest absolute Gasteiger partial charge is 0.488 e. The maximum Gasteiger partial charge on any atom is 0.272 e. The number of carbonyl (C=O) groups is 1. The van der Waals surface area contributed by atoms with Crippen LogP contribution >= 0.6 is 0 Å². The molecule has 0 saturated heterocycles. The molecule has 4 rings (SSSR count). The van der Waals surface area contributed by atoms with Gasteiger partial charge in [0.15, 0.2) is 0 Å². The maximum atomic E-state index is 12.9. The number of benzene rings is 2. The Kier molecular flexibility index (Phi) is 4.21. The second kappa shape index (κ2) is 6.67. The molecule has 1 aliphatic rings. The van der Waals surface area contributed by atoms with Gasteiger partial charge in [0.1, 0.15) is 17.5 Å². The highest BCUT2D eigenvalue weighted by Gasteiger charge is 2.26. The van der Waals surface area contributed by atoms with E-state index in [0.29, 0.717) is 12.2 Å². The van der Waals surface area contributed by atoms with Crippen LogP contribution in [-0.4, -0.2) is 40.3 Å². The molecule has 1 aromatic heterocycles. The molecule has 1 amide bonds. The topological polar surface area (TPSA) is 47.4 Å². The molecule has 0 bridgehead atoms. The van der Waals surface area contributed by atoms with E-state index in [4.69, 9.17) is 4.74 Å². The first-order valence-electron chi connectivity index (χ1n) is 8.71. The lowest BCUT2D eigenvalue weighted by atomic mass is 10.1. The van der Waals surface area contributed by atoms with E-state index in [1.54, 1.807) is 16.6 Å². The molecule has 0 radical (unpaired) electrons. The summed E-state index contributed by atoms with van der Waals surface area (Å²) in [6.07, 6.45) is 0.817. The predicted molar refractivity (Wildman–Crippen MR) is 100 cm³/mol. The van der Waals surface area contributed by atoms with Gasteiger partial charge in [0.05, 0.1) is 12.2 Å². The number of para-hydroxylation sites is 1. The van der Waals surface area contributed by atoms with E-state index in [1.807, 2.05) is 61.6 Å². The van der Waals surface area contributed by atoms with Gasteiger partial charge in [-0.15, -0.1) is 0 Å². The number of fused-ring (bicyclic) bond motifs is 1. The molecule has 3 aromatic rings. The number of carbonyl (C=O) groups excluding carboxylic acids is 1. The molecule has 132 valence electrons. The van der Waals surface area contributed by atoms with E-state index in [0.717, 1.165) is 23.4 Å². The van der Waals surface area contributed by atoms with E-state index >= 15 is 0 Å². The number of amides is 1. The van der Waals surface area contributed by atoms with Crippen molar-refractivity contribution in [1.82, 2.24) is 14.7 Å². The van der Waals surface area contributed by atoms with Crippen molar-refractivity contribution in [2.24, 2.45) is 7.05 Å². The Morgan fingerprint density at radius 2 is 1.92 bits per heavy atom. The molecule has 0 fully saturated rings. The number of nitrogens with zero attached hydrogens (tertiary/aromatic N) is 3. The number of ether oxygens (including phenoxy) is 1. The van der Waals surface area contributed by atoms with Crippen LogP contribution in [0.15, 0.2) is 60.7 Å². The lowest BCUT2D eigenvalue weighted by molar-refractivity contribution is 0.0719. The van der Waals surface area contributed by atoms with Gasteiger partial charge < -0.3 is 9.64 Å². The minimum Gasteiger partial charge on any atom is -0.488 e. The Morgan fingerprint density at radius 1 is 1.19 bits per heavy atom. The zero-order valence-electron chi connectivity index (χ0n) is 14.9. The van der Waals surface area contributed by atoms with Gasteiger partial charge in [-0.3, -0.25) is 9.48 Å². The summed E-state index contributed by atoms with van der Waals surface area (Å²) >= 11 is 0. The average molecular weight is 347 g/mol. The highest BCUT2D eigenvalue weighted by atomic mass is 16.5. The van der Waals surface area contributed by atoms with Gasteiger partial charge in [0.2, 0.25) is 0 Å². The van der Waals surface area contributed by atoms with Crippen LogP contribution in [-0.2, 0) is 13.5 Å². The molecule has 2 aromatic carbocycles. The monoisotopic (exact) mass is 347 g/mol. The van der Waals surface area contributed by atoms with Crippen molar-refractivity contribution in [2.45, 2.75) is 12.5 Å². The van der Waals surface area contributed by atoms with Crippen molar-refractivity contribution in [3.05, 3.63) is 71.9 Å². The van der Waals surface area contributed by atoms with Crippen LogP contribution in [0, 0.1) is 0 Å². The Balaban J connectivity index is 1.47. The van der Waals surface area contributed by atoms with Crippen molar-refractivity contribution >= 4 is 5.91 Å². The van der Waals surface area contributed by atoms with Gasteiger partial charge in [0.25, 0.3) is 5.91 Å². The number of hydrogen-bond donors (Lipinski definition) is 0. The van der Waals surface area contributed by atoms with Gasteiger partial charge in [-0.1, -0.05) is 48.5 Å². The van der Waals surface area contributed by atoms with Crippen molar-refractivity contribution in [1.29, 1.82) is 0 Å². The molecule has 1 atom stereocenters. The highest BCUT2D eigenvalue weighted by molar-refractivity contribution is 5.93. The van der Waals surface area contributed by atoms with Gasteiger partial charge in [-0.05, 0) is 17.7 Å². The number of rotatable bonds is 4. The average Bonchev–Trinajstić information content (AvgIpc) is 3.24. The fraction of sp³-hybridized carbons (Fsp3) is 0.238. The molecular formula is C21H21N3O2. The van der Waals surface area contributed by atoms with Crippen molar-refractivity contribution in [2.75, 3.05) is 13.6 Å². The van der Waals surface area contributed by atoms with E-state index in [1.165, 1.54) is 5.56 Å². The Hall–Kier alpha value is -3.08. The molecule has 0 unspecified atom stereocenters. The summed E-state index contributed by atoms with van der Waals surface area (Å²) in [5, 5.41) is 4.49. The second-order valence-corrected chi connectivity index (χ2v) is 6.64. The highest BCUT2D eigenvalue weighted by Crippen LogP contribution is 2.28. The van der Waals surface area contributed by atoms with Gasteiger partial charge in [0, 0.05) is 26.1 Å². The van der Waals surface area contributed by atoms with Crippen molar-refractivity contribution in [3.63, 3.8) is 0 Å². The Labute approximate surface area is 152 Å². The summed E-state index contributed by atoms with van der Waals surface area (Å²) in [5.74, 6) is 0.868. The summed E-state index contributed by atoms with van der Waals surface area (Å²) in [6, 6.07) is 19.8. The third kappa shape index (κ3) is 3.08. The van der Waals surface area contributed by atoms with E-state index in [-0.39, 0.29) is 12.0 Å². The minimum atomic E-state index is -0.0539. The fourth-order valence-corrected chi connectivity index (χ4v) is 3.36. The molecule has 5 nitrogen and oxygen atoms in total. The van der Waals surface area contributed by atoms with Crippen LogP contribution in [0.4, 0.5) is 0 Å². The molecule has 2 heterocycles. The molecule has 0 spiro atoms. The third-order valence-electron chi connectivity index (χ3n) is 4.71. The van der Waals surface area contributed by atoms with Crippen LogP contribution in [0.2, 0.25) is 0 Å². The third-order valence-corrected chi connectivity index (χ3v) is 4.71. The molecule has 0 saturated carbocycles. The van der Waals surface area contributed by atoms with Crippen LogP contribution < -0.4 is 4.74 Å². The van der Waals surface area contributed by atoms with E-state index < -0.39 is 0 Å². The lowest BCUT2D eigenvalue weighted by Gasteiger charge is -2.21. The van der Waals surface area contributed by atoms with Gasteiger partial charge in [-0.25, -0.2) is 0 Å². The smallest absolute Gasteiger partial charge is 0.272 e. The zero-order valence-corrected chi connectivity index (χ0v) is 14.9. The maximum absolute atomic E-state index is 12.9. The number of aromatic nitrogens is 2. The van der Waals surface area contributed by atoms with Crippen molar-refractivity contribution in [3.8, 4) is 17.0 Å². The lowest BCUT2D eigenvalue weighted by Crippen LogP contribution is -2.37. The first kappa shape index (κ1) is 16.4. The molecule has 0 N–H and O–H groups in total. The van der Waals surface area contributed by atoms with Gasteiger partial charge >= 0.3 is 0 Å². The minimum absolute atomic E-state index is 0.0110. The summed E-state index contributed by atoms with van der Waals surface area (Å²) in [4.78, 5) is 14.6.